The molecule has 2 fully saturated rings. The molecule has 0 bridgehead atoms. The van der Waals surface area contributed by atoms with E-state index in [-0.39, 0.29) is 5.76 Å². The van der Waals surface area contributed by atoms with Crippen LogP contribution in [0.2, 0.25) is 0 Å². The van der Waals surface area contributed by atoms with Crippen LogP contribution in [0.25, 0.3) is 0 Å². The Morgan fingerprint density at radius 1 is 1.45 bits per heavy atom. The first-order valence-electron chi connectivity index (χ1n) is 6.91. The number of rotatable bonds is 3. The first-order valence-corrected chi connectivity index (χ1v) is 6.91. The van der Waals surface area contributed by atoms with Gasteiger partial charge in [-0.3, -0.25) is 4.90 Å². The molecule has 0 saturated carbocycles. The van der Waals surface area contributed by atoms with Crippen molar-refractivity contribution in [3.63, 3.8) is 0 Å². The van der Waals surface area contributed by atoms with Crippen LogP contribution in [0.4, 0.5) is 0 Å². The molecule has 20 heavy (non-hydrogen) atoms. The van der Waals surface area contributed by atoms with Crippen molar-refractivity contribution in [3.05, 3.63) is 23.2 Å². The van der Waals surface area contributed by atoms with Crippen LogP contribution in [-0.4, -0.2) is 48.1 Å². The molecular formula is C14H19NO5. The Kier molecular flexibility index (Phi) is 3.54. The SMILES string of the molecule is Cc1cc(CN2CCCC3(C2)OCCO3)oc1C(=O)O. The lowest BCUT2D eigenvalue weighted by molar-refractivity contribution is -0.190. The van der Waals surface area contributed by atoms with Crippen LogP contribution in [0.5, 0.6) is 0 Å². The molecule has 0 amide bonds. The maximum absolute atomic E-state index is 11.0. The lowest BCUT2D eigenvalue weighted by Crippen LogP contribution is -2.48. The first-order chi connectivity index (χ1) is 9.58. The summed E-state index contributed by atoms with van der Waals surface area (Å²) in [5, 5.41) is 9.00. The third kappa shape index (κ3) is 2.59. The molecule has 3 heterocycles. The molecule has 1 aromatic heterocycles. The molecular weight excluding hydrogens is 262 g/mol. The molecule has 2 aliphatic heterocycles. The van der Waals surface area contributed by atoms with E-state index in [0.717, 1.165) is 19.4 Å². The summed E-state index contributed by atoms with van der Waals surface area (Å²) in [6, 6.07) is 1.79. The van der Waals surface area contributed by atoms with Gasteiger partial charge >= 0.3 is 5.97 Å². The Bertz CT molecular complexity index is 504. The fourth-order valence-electron chi connectivity index (χ4n) is 3.00. The monoisotopic (exact) mass is 281 g/mol. The van der Waals surface area contributed by atoms with Crippen LogP contribution in [0, 0.1) is 6.92 Å². The standard InChI is InChI=1S/C14H19NO5/c1-10-7-11(20-12(10)13(16)17)8-15-4-2-3-14(9-15)18-5-6-19-14/h7H,2-6,8-9H2,1H3,(H,16,17). The Balaban J connectivity index is 1.68. The molecule has 1 spiro atoms. The number of hydrogen-bond acceptors (Lipinski definition) is 5. The predicted octanol–water partition coefficient (Wildman–Crippen LogP) is 1.63. The van der Waals surface area contributed by atoms with Crippen LogP contribution in [-0.2, 0) is 16.0 Å². The summed E-state index contributed by atoms with van der Waals surface area (Å²) in [4.78, 5) is 13.2. The second kappa shape index (κ2) is 5.20. The molecule has 1 N–H and O–H groups in total. The Morgan fingerprint density at radius 2 is 2.20 bits per heavy atom. The summed E-state index contributed by atoms with van der Waals surface area (Å²) in [7, 11) is 0. The van der Waals surface area contributed by atoms with E-state index < -0.39 is 11.8 Å². The average Bonchev–Trinajstić information content (AvgIpc) is 2.97. The van der Waals surface area contributed by atoms with E-state index in [9.17, 15) is 4.79 Å². The van der Waals surface area contributed by atoms with Gasteiger partial charge in [0.05, 0.1) is 26.3 Å². The number of ether oxygens (including phenoxy) is 2. The van der Waals surface area contributed by atoms with Crippen LogP contribution in [0.15, 0.2) is 10.5 Å². The van der Waals surface area contributed by atoms with Crippen molar-refractivity contribution in [2.24, 2.45) is 0 Å². The molecule has 1 aromatic rings. The highest BCUT2D eigenvalue weighted by molar-refractivity contribution is 5.86. The zero-order valence-corrected chi connectivity index (χ0v) is 11.6. The Morgan fingerprint density at radius 3 is 2.85 bits per heavy atom. The number of carbonyl (C=O) groups is 1. The fourth-order valence-corrected chi connectivity index (χ4v) is 3.00. The van der Waals surface area contributed by atoms with Crippen molar-refractivity contribution in [2.45, 2.75) is 32.1 Å². The minimum atomic E-state index is -1.02. The number of hydrogen-bond donors (Lipinski definition) is 1. The van der Waals surface area contributed by atoms with E-state index in [1.807, 2.05) is 0 Å². The largest absolute Gasteiger partial charge is 0.475 e. The summed E-state index contributed by atoms with van der Waals surface area (Å²) in [5.74, 6) is -0.781. The van der Waals surface area contributed by atoms with Gasteiger partial charge in [0.25, 0.3) is 0 Å². The van der Waals surface area contributed by atoms with E-state index >= 15 is 0 Å². The number of likely N-dealkylation sites (tertiary alicyclic amines) is 1. The molecule has 3 rings (SSSR count). The molecule has 0 aromatic carbocycles. The maximum atomic E-state index is 11.0. The molecule has 6 heteroatoms. The molecule has 2 saturated heterocycles. The van der Waals surface area contributed by atoms with Gasteiger partial charge in [-0.2, -0.15) is 0 Å². The second-order valence-corrected chi connectivity index (χ2v) is 5.45. The van der Waals surface area contributed by atoms with Gasteiger partial charge in [0.2, 0.25) is 5.76 Å². The lowest BCUT2D eigenvalue weighted by atomic mass is 10.0. The molecule has 110 valence electrons. The van der Waals surface area contributed by atoms with Crippen molar-refractivity contribution in [2.75, 3.05) is 26.3 Å². The summed E-state index contributed by atoms with van der Waals surface area (Å²) < 4.78 is 16.9. The van der Waals surface area contributed by atoms with E-state index in [4.69, 9.17) is 19.0 Å². The average molecular weight is 281 g/mol. The summed E-state index contributed by atoms with van der Waals surface area (Å²) in [5.41, 5.74) is 0.660. The molecule has 2 aliphatic rings. The second-order valence-electron chi connectivity index (χ2n) is 5.45. The van der Waals surface area contributed by atoms with Gasteiger partial charge in [0.15, 0.2) is 5.79 Å². The number of piperidine rings is 1. The van der Waals surface area contributed by atoms with E-state index in [1.54, 1.807) is 13.0 Å². The minimum absolute atomic E-state index is 0.0279. The normalized spacial score (nSPS) is 22.4. The molecule has 6 nitrogen and oxygen atoms in total. The highest BCUT2D eigenvalue weighted by Crippen LogP contribution is 2.31. The van der Waals surface area contributed by atoms with E-state index in [2.05, 4.69) is 4.90 Å². The minimum Gasteiger partial charge on any atom is -0.475 e. The van der Waals surface area contributed by atoms with Crippen LogP contribution in [0.3, 0.4) is 0 Å². The van der Waals surface area contributed by atoms with Crippen LogP contribution >= 0.6 is 0 Å². The number of aromatic carboxylic acids is 1. The van der Waals surface area contributed by atoms with Crippen LogP contribution in [0.1, 0.15) is 34.7 Å². The van der Waals surface area contributed by atoms with Gasteiger partial charge in [-0.1, -0.05) is 0 Å². The van der Waals surface area contributed by atoms with Crippen molar-refractivity contribution in [3.8, 4) is 0 Å². The third-order valence-corrected chi connectivity index (χ3v) is 3.85. The number of furan rings is 1. The Hall–Kier alpha value is -1.37. The summed E-state index contributed by atoms with van der Waals surface area (Å²) in [6.45, 7) is 5.28. The molecule has 0 unspecified atom stereocenters. The van der Waals surface area contributed by atoms with Crippen molar-refractivity contribution in [1.29, 1.82) is 0 Å². The molecule has 0 atom stereocenters. The van der Waals surface area contributed by atoms with Crippen molar-refractivity contribution in [1.82, 2.24) is 4.90 Å². The van der Waals surface area contributed by atoms with Gasteiger partial charge in [0.1, 0.15) is 5.76 Å². The highest BCUT2D eigenvalue weighted by atomic mass is 16.7. The van der Waals surface area contributed by atoms with Gasteiger partial charge < -0.3 is 19.0 Å². The van der Waals surface area contributed by atoms with Gasteiger partial charge in [-0.05, 0) is 26.0 Å². The topological polar surface area (TPSA) is 72.1 Å². The number of nitrogens with zero attached hydrogens (tertiary/aromatic N) is 1. The number of carboxylic acid groups (broad SMARTS) is 1. The van der Waals surface area contributed by atoms with Crippen LogP contribution < -0.4 is 0 Å². The summed E-state index contributed by atoms with van der Waals surface area (Å²) >= 11 is 0. The highest BCUT2D eigenvalue weighted by Gasteiger charge is 2.40. The number of carboxylic acids is 1. The van der Waals surface area contributed by atoms with Gasteiger partial charge in [-0.25, -0.2) is 4.79 Å². The third-order valence-electron chi connectivity index (χ3n) is 3.85. The Labute approximate surface area is 117 Å². The van der Waals surface area contributed by atoms with E-state index in [0.29, 0.717) is 37.6 Å². The first kappa shape index (κ1) is 13.6. The fraction of sp³-hybridized carbons (Fsp3) is 0.643. The lowest BCUT2D eigenvalue weighted by Gasteiger charge is -2.38. The zero-order valence-electron chi connectivity index (χ0n) is 11.6. The van der Waals surface area contributed by atoms with Crippen molar-refractivity contribution >= 4 is 5.97 Å². The quantitative estimate of drug-likeness (QED) is 0.907. The maximum Gasteiger partial charge on any atom is 0.372 e. The predicted molar refractivity (Wildman–Crippen MR) is 69.6 cm³/mol. The van der Waals surface area contributed by atoms with Gasteiger partial charge in [0, 0.05) is 12.0 Å². The van der Waals surface area contributed by atoms with Crippen molar-refractivity contribution < 1.29 is 23.8 Å². The zero-order chi connectivity index (χ0) is 14.2. The molecule has 0 aliphatic carbocycles. The molecule has 0 radical (unpaired) electrons. The number of aryl methyl sites for hydroxylation is 1. The smallest absolute Gasteiger partial charge is 0.372 e. The van der Waals surface area contributed by atoms with E-state index in [1.165, 1.54) is 0 Å². The summed E-state index contributed by atoms with van der Waals surface area (Å²) in [6.07, 6.45) is 1.92. The van der Waals surface area contributed by atoms with Gasteiger partial charge in [-0.15, -0.1) is 0 Å².